The van der Waals surface area contributed by atoms with Gasteiger partial charge < -0.3 is 15.0 Å². The van der Waals surface area contributed by atoms with E-state index in [9.17, 15) is 0 Å². The van der Waals surface area contributed by atoms with Gasteiger partial charge in [-0.05, 0) is 33.4 Å². The van der Waals surface area contributed by atoms with Crippen LogP contribution >= 0.6 is 0 Å². The molecule has 0 fully saturated rings. The van der Waals surface area contributed by atoms with Crippen molar-refractivity contribution in [2.75, 3.05) is 40.4 Å². The zero-order chi connectivity index (χ0) is 14.7. The third-order valence-corrected chi connectivity index (χ3v) is 2.75. The first-order valence-electron chi connectivity index (χ1n) is 7.01. The Morgan fingerprint density at radius 2 is 2.05 bits per heavy atom. The molecular formula is C13H31N5O. The summed E-state index contributed by atoms with van der Waals surface area (Å²) in [6.45, 7) is 9.50. The fourth-order valence-electron chi connectivity index (χ4n) is 1.63. The number of nitrogens with zero attached hydrogens (tertiary/aromatic N) is 2. The first-order valence-corrected chi connectivity index (χ1v) is 7.01. The van der Waals surface area contributed by atoms with Crippen molar-refractivity contribution in [1.29, 1.82) is 0 Å². The fourth-order valence-corrected chi connectivity index (χ4v) is 1.63. The molecule has 0 spiro atoms. The van der Waals surface area contributed by atoms with Crippen LogP contribution in [0.4, 0.5) is 0 Å². The van der Waals surface area contributed by atoms with E-state index in [1.165, 1.54) is 0 Å². The number of hydrazine groups is 1. The van der Waals surface area contributed by atoms with E-state index in [-0.39, 0.29) is 0 Å². The smallest absolute Gasteiger partial charge is 0.205 e. The highest BCUT2D eigenvalue weighted by molar-refractivity contribution is 5.79. The highest BCUT2D eigenvalue weighted by Crippen LogP contribution is 2.02. The van der Waals surface area contributed by atoms with Crippen molar-refractivity contribution in [3.63, 3.8) is 0 Å². The topological polar surface area (TPSA) is 74.9 Å². The normalized spacial score (nSPS) is 14.0. The largest absolute Gasteiger partial charge is 0.382 e. The van der Waals surface area contributed by atoms with E-state index < -0.39 is 0 Å². The second-order valence-electron chi connectivity index (χ2n) is 5.18. The molecule has 0 aromatic rings. The number of ether oxygens (including phenoxy) is 1. The molecule has 0 heterocycles. The lowest BCUT2D eigenvalue weighted by molar-refractivity contribution is 0.146. The van der Waals surface area contributed by atoms with Crippen molar-refractivity contribution < 1.29 is 4.74 Å². The number of aliphatic imine (C=N–C) groups is 1. The monoisotopic (exact) mass is 273 g/mol. The standard InChI is InChI=1S/C13H31N5O/c1-6-19-9-7-8-15-13(17-14)16-12(11(2)3)10-18(4)5/h11-12H,6-10,14H2,1-5H3,(H2,15,16,17). The van der Waals surface area contributed by atoms with E-state index in [1.807, 2.05) is 6.92 Å². The van der Waals surface area contributed by atoms with Crippen molar-refractivity contribution in [2.45, 2.75) is 33.2 Å². The van der Waals surface area contributed by atoms with Gasteiger partial charge in [0.05, 0.1) is 0 Å². The number of hydrogen-bond donors (Lipinski definition) is 3. The lowest BCUT2D eigenvalue weighted by Gasteiger charge is -2.26. The quantitative estimate of drug-likeness (QED) is 0.186. The minimum atomic E-state index is 0.316. The number of hydrogen-bond acceptors (Lipinski definition) is 4. The highest BCUT2D eigenvalue weighted by Gasteiger charge is 2.15. The Bertz CT molecular complexity index is 243. The summed E-state index contributed by atoms with van der Waals surface area (Å²) >= 11 is 0. The number of nitrogens with one attached hydrogen (secondary N) is 2. The van der Waals surface area contributed by atoms with Gasteiger partial charge >= 0.3 is 0 Å². The van der Waals surface area contributed by atoms with Crippen LogP contribution in [-0.4, -0.2) is 57.3 Å². The first-order chi connectivity index (χ1) is 9.01. The average molecular weight is 273 g/mol. The molecule has 0 aliphatic rings. The van der Waals surface area contributed by atoms with Crippen LogP contribution in [0.25, 0.3) is 0 Å². The van der Waals surface area contributed by atoms with E-state index in [1.54, 1.807) is 0 Å². The molecule has 6 heteroatoms. The molecule has 0 amide bonds. The lowest BCUT2D eigenvalue weighted by atomic mass is 10.0. The van der Waals surface area contributed by atoms with Crippen molar-refractivity contribution in [3.05, 3.63) is 0 Å². The minimum absolute atomic E-state index is 0.316. The van der Waals surface area contributed by atoms with Crippen molar-refractivity contribution >= 4 is 5.96 Å². The molecule has 0 aliphatic heterocycles. The van der Waals surface area contributed by atoms with Crippen LogP contribution in [-0.2, 0) is 4.74 Å². The van der Waals surface area contributed by atoms with Crippen molar-refractivity contribution in [2.24, 2.45) is 16.8 Å². The summed E-state index contributed by atoms with van der Waals surface area (Å²) in [6, 6.07) is 0.316. The zero-order valence-electron chi connectivity index (χ0n) is 13.1. The van der Waals surface area contributed by atoms with Gasteiger partial charge in [0.15, 0.2) is 0 Å². The number of rotatable bonds is 9. The SMILES string of the molecule is CCOCCCN=C(NN)NC(CN(C)C)C(C)C. The van der Waals surface area contributed by atoms with Crippen molar-refractivity contribution in [3.8, 4) is 0 Å². The molecule has 4 N–H and O–H groups in total. The Hall–Kier alpha value is -0.850. The molecule has 0 rings (SSSR count). The van der Waals surface area contributed by atoms with E-state index >= 15 is 0 Å². The van der Waals surface area contributed by atoms with Crippen molar-refractivity contribution in [1.82, 2.24) is 15.6 Å². The molecular weight excluding hydrogens is 242 g/mol. The molecule has 114 valence electrons. The third kappa shape index (κ3) is 9.69. The molecule has 6 nitrogen and oxygen atoms in total. The van der Waals surface area contributed by atoms with E-state index in [4.69, 9.17) is 10.6 Å². The van der Waals surface area contributed by atoms with Crippen LogP contribution in [0.3, 0.4) is 0 Å². The summed E-state index contributed by atoms with van der Waals surface area (Å²) in [5, 5.41) is 3.36. The maximum Gasteiger partial charge on any atom is 0.205 e. The van der Waals surface area contributed by atoms with Crippen LogP contribution in [0, 0.1) is 5.92 Å². The Morgan fingerprint density at radius 1 is 1.37 bits per heavy atom. The zero-order valence-corrected chi connectivity index (χ0v) is 13.1. The van der Waals surface area contributed by atoms with Crippen LogP contribution < -0.4 is 16.6 Å². The first kappa shape index (κ1) is 18.1. The summed E-state index contributed by atoms with van der Waals surface area (Å²) < 4.78 is 5.27. The molecule has 0 saturated heterocycles. The average Bonchev–Trinajstić information content (AvgIpc) is 2.35. The number of nitrogens with two attached hydrogens (primary N) is 1. The van der Waals surface area contributed by atoms with E-state index in [2.05, 4.69) is 48.6 Å². The van der Waals surface area contributed by atoms with Gasteiger partial charge in [-0.2, -0.15) is 0 Å². The van der Waals surface area contributed by atoms with Crippen LogP contribution in [0.5, 0.6) is 0 Å². The van der Waals surface area contributed by atoms with Gasteiger partial charge in [-0.1, -0.05) is 13.8 Å². The third-order valence-electron chi connectivity index (χ3n) is 2.75. The fraction of sp³-hybridized carbons (Fsp3) is 0.923. The Kier molecular flexibility index (Phi) is 10.5. The van der Waals surface area contributed by atoms with Gasteiger partial charge in [-0.3, -0.25) is 10.4 Å². The number of guanidine groups is 1. The van der Waals surface area contributed by atoms with Gasteiger partial charge in [0, 0.05) is 32.3 Å². The Morgan fingerprint density at radius 3 is 2.53 bits per heavy atom. The maximum absolute atomic E-state index is 5.50. The molecule has 1 unspecified atom stereocenters. The van der Waals surface area contributed by atoms with Crippen LogP contribution in [0.2, 0.25) is 0 Å². The van der Waals surface area contributed by atoms with Gasteiger partial charge in [-0.25, -0.2) is 5.84 Å². The lowest BCUT2D eigenvalue weighted by Crippen LogP contribution is -2.51. The van der Waals surface area contributed by atoms with Gasteiger partial charge in [-0.15, -0.1) is 0 Å². The summed E-state index contributed by atoms with van der Waals surface area (Å²) in [6.07, 6.45) is 0.903. The predicted molar refractivity (Wildman–Crippen MR) is 81.1 cm³/mol. The molecule has 0 bridgehead atoms. The molecule has 0 aromatic heterocycles. The minimum Gasteiger partial charge on any atom is -0.382 e. The van der Waals surface area contributed by atoms with Crippen LogP contribution in [0.15, 0.2) is 4.99 Å². The maximum atomic E-state index is 5.50. The molecule has 19 heavy (non-hydrogen) atoms. The number of likely N-dealkylation sites (N-methyl/N-ethyl adjacent to an activating group) is 1. The van der Waals surface area contributed by atoms with Gasteiger partial charge in [0.25, 0.3) is 0 Å². The molecule has 0 aromatic carbocycles. The second-order valence-corrected chi connectivity index (χ2v) is 5.18. The molecule has 0 aliphatic carbocycles. The summed E-state index contributed by atoms with van der Waals surface area (Å²) in [5.74, 6) is 6.66. The van der Waals surface area contributed by atoms with Gasteiger partial charge in [0.2, 0.25) is 5.96 Å². The molecule has 0 radical (unpaired) electrons. The van der Waals surface area contributed by atoms with Gasteiger partial charge in [0.1, 0.15) is 0 Å². The summed E-state index contributed by atoms with van der Waals surface area (Å²) in [7, 11) is 4.12. The Labute approximate surface area is 117 Å². The Balaban J connectivity index is 4.21. The summed E-state index contributed by atoms with van der Waals surface area (Å²) in [5.41, 5.74) is 2.63. The summed E-state index contributed by atoms with van der Waals surface area (Å²) in [4.78, 5) is 6.57. The highest BCUT2D eigenvalue weighted by atomic mass is 16.5. The predicted octanol–water partition coefficient (Wildman–Crippen LogP) is 0.408. The molecule has 0 saturated carbocycles. The van der Waals surface area contributed by atoms with E-state index in [0.717, 1.165) is 26.2 Å². The second kappa shape index (κ2) is 11.0. The van der Waals surface area contributed by atoms with E-state index in [0.29, 0.717) is 24.5 Å². The van der Waals surface area contributed by atoms with Crippen LogP contribution in [0.1, 0.15) is 27.2 Å². The molecule has 1 atom stereocenters.